The van der Waals surface area contributed by atoms with E-state index < -0.39 is 0 Å². The summed E-state index contributed by atoms with van der Waals surface area (Å²) >= 11 is 6.08. The Balaban J connectivity index is 1.81. The van der Waals surface area contributed by atoms with Gasteiger partial charge in [0, 0.05) is 19.0 Å². The highest BCUT2D eigenvalue weighted by atomic mass is 35.5. The summed E-state index contributed by atoms with van der Waals surface area (Å²) in [6, 6.07) is 5.88. The molecule has 0 radical (unpaired) electrons. The third-order valence-electron chi connectivity index (χ3n) is 4.28. The average Bonchev–Trinajstić information content (AvgIpc) is 3.01. The molecule has 0 aliphatic carbocycles. The number of fused-ring (bicyclic) bond motifs is 3. The standard InChI is InChI=1S/C19H16ClN5O2/c1-11-9-13(5-3-6-21)10-12(2)15(11)27-17-14-16(22-19(20)23-17)24-25-7-4-8-26-18(14)25/h3,5,9-10H,4,7-8H2,1-2H3/b5-3+. The molecule has 0 spiro atoms. The largest absolute Gasteiger partial charge is 0.477 e. The smallest absolute Gasteiger partial charge is 0.238 e. The molecule has 0 saturated carbocycles. The van der Waals surface area contributed by atoms with E-state index in [0.717, 1.165) is 29.7 Å². The number of aryl methyl sites for hydroxylation is 3. The van der Waals surface area contributed by atoms with Crippen LogP contribution in [0.2, 0.25) is 5.28 Å². The Hall–Kier alpha value is -3.11. The SMILES string of the molecule is Cc1cc(/C=C/C#N)cc(C)c1Oc1nc(Cl)nc2nn3c(c12)OCCC3. The van der Waals surface area contributed by atoms with E-state index in [9.17, 15) is 0 Å². The summed E-state index contributed by atoms with van der Waals surface area (Å²) in [6.07, 6.45) is 4.08. The second-order valence-electron chi connectivity index (χ2n) is 6.28. The first-order valence-electron chi connectivity index (χ1n) is 8.49. The van der Waals surface area contributed by atoms with Crippen LogP contribution in [0.25, 0.3) is 17.1 Å². The molecule has 0 unspecified atom stereocenters. The lowest BCUT2D eigenvalue weighted by molar-refractivity contribution is 0.233. The van der Waals surface area contributed by atoms with Crippen LogP contribution in [-0.4, -0.2) is 26.4 Å². The molecule has 7 nitrogen and oxygen atoms in total. The quantitative estimate of drug-likeness (QED) is 0.499. The molecule has 3 heterocycles. The number of halogens is 1. The van der Waals surface area contributed by atoms with Gasteiger partial charge in [0.1, 0.15) is 11.1 Å². The van der Waals surface area contributed by atoms with Crippen LogP contribution >= 0.6 is 11.6 Å². The van der Waals surface area contributed by atoms with Gasteiger partial charge >= 0.3 is 0 Å². The van der Waals surface area contributed by atoms with Gasteiger partial charge in [-0.25, -0.2) is 4.68 Å². The van der Waals surface area contributed by atoms with Gasteiger partial charge < -0.3 is 9.47 Å². The van der Waals surface area contributed by atoms with Crippen LogP contribution in [0.15, 0.2) is 18.2 Å². The molecule has 136 valence electrons. The first kappa shape index (κ1) is 17.3. The molecule has 3 aromatic rings. The summed E-state index contributed by atoms with van der Waals surface area (Å²) < 4.78 is 13.7. The maximum Gasteiger partial charge on any atom is 0.238 e. The zero-order valence-corrected chi connectivity index (χ0v) is 15.6. The lowest BCUT2D eigenvalue weighted by Gasteiger charge is -2.16. The average molecular weight is 382 g/mol. The maximum absolute atomic E-state index is 8.71. The third kappa shape index (κ3) is 3.20. The van der Waals surface area contributed by atoms with E-state index >= 15 is 0 Å². The van der Waals surface area contributed by atoms with Crippen LogP contribution in [0.3, 0.4) is 0 Å². The minimum Gasteiger partial charge on any atom is -0.477 e. The summed E-state index contributed by atoms with van der Waals surface area (Å²) in [4.78, 5) is 8.47. The molecule has 8 heteroatoms. The summed E-state index contributed by atoms with van der Waals surface area (Å²) in [5.41, 5.74) is 3.21. The van der Waals surface area contributed by atoms with Crippen LogP contribution in [0.1, 0.15) is 23.1 Å². The second kappa shape index (κ2) is 6.89. The summed E-state index contributed by atoms with van der Waals surface area (Å²) in [5, 5.41) is 13.8. The van der Waals surface area contributed by atoms with Gasteiger partial charge in [0.05, 0.1) is 12.7 Å². The molecule has 0 saturated heterocycles. The fourth-order valence-electron chi connectivity index (χ4n) is 3.18. The number of ether oxygens (including phenoxy) is 2. The maximum atomic E-state index is 8.71. The van der Waals surface area contributed by atoms with Crippen LogP contribution < -0.4 is 9.47 Å². The van der Waals surface area contributed by atoms with Gasteiger partial charge in [0.15, 0.2) is 5.65 Å². The summed E-state index contributed by atoms with van der Waals surface area (Å²) in [7, 11) is 0. The molecular formula is C19H16ClN5O2. The highest BCUT2D eigenvalue weighted by Gasteiger charge is 2.24. The van der Waals surface area contributed by atoms with Gasteiger partial charge in [-0.1, -0.05) is 0 Å². The lowest BCUT2D eigenvalue weighted by Crippen LogP contribution is -2.14. The number of nitrogens with zero attached hydrogens (tertiary/aromatic N) is 5. The Labute approximate surface area is 160 Å². The van der Waals surface area contributed by atoms with Gasteiger partial charge in [-0.05, 0) is 60.3 Å². The van der Waals surface area contributed by atoms with E-state index in [-0.39, 0.29) is 5.28 Å². The van der Waals surface area contributed by atoms with Crippen molar-refractivity contribution in [2.75, 3.05) is 6.61 Å². The third-order valence-corrected chi connectivity index (χ3v) is 4.45. The molecule has 0 atom stereocenters. The Kier molecular flexibility index (Phi) is 4.42. The number of allylic oxidation sites excluding steroid dienone is 1. The fraction of sp³-hybridized carbons (Fsp3) is 0.263. The van der Waals surface area contributed by atoms with Crippen LogP contribution in [0, 0.1) is 25.2 Å². The van der Waals surface area contributed by atoms with Crippen molar-refractivity contribution in [1.82, 2.24) is 19.7 Å². The van der Waals surface area contributed by atoms with Crippen molar-refractivity contribution in [3.8, 4) is 23.6 Å². The van der Waals surface area contributed by atoms with E-state index in [4.69, 9.17) is 26.3 Å². The first-order chi connectivity index (χ1) is 13.1. The second-order valence-corrected chi connectivity index (χ2v) is 6.61. The van der Waals surface area contributed by atoms with E-state index in [0.29, 0.717) is 35.1 Å². The number of hydrogen-bond acceptors (Lipinski definition) is 6. The minimum absolute atomic E-state index is 0.0665. The number of benzene rings is 1. The van der Waals surface area contributed by atoms with E-state index in [1.807, 2.05) is 32.0 Å². The minimum atomic E-state index is 0.0665. The first-order valence-corrected chi connectivity index (χ1v) is 8.86. The molecule has 1 aromatic carbocycles. The zero-order valence-electron chi connectivity index (χ0n) is 14.9. The van der Waals surface area contributed by atoms with Crippen molar-refractivity contribution >= 4 is 28.7 Å². The van der Waals surface area contributed by atoms with Gasteiger partial charge in [-0.3, -0.25) is 0 Å². The van der Waals surface area contributed by atoms with Crippen LogP contribution in [0.4, 0.5) is 0 Å². The predicted molar refractivity (Wildman–Crippen MR) is 101 cm³/mol. The monoisotopic (exact) mass is 381 g/mol. The van der Waals surface area contributed by atoms with Crippen molar-refractivity contribution in [1.29, 1.82) is 5.26 Å². The Morgan fingerprint density at radius 1 is 1.30 bits per heavy atom. The van der Waals surface area contributed by atoms with Crippen LogP contribution in [0.5, 0.6) is 17.5 Å². The molecule has 1 aliphatic rings. The summed E-state index contributed by atoms with van der Waals surface area (Å²) in [5.74, 6) is 1.60. The van der Waals surface area contributed by atoms with Gasteiger partial charge in [-0.2, -0.15) is 15.2 Å². The van der Waals surface area contributed by atoms with Crippen molar-refractivity contribution < 1.29 is 9.47 Å². The van der Waals surface area contributed by atoms with Crippen molar-refractivity contribution in [3.05, 3.63) is 40.2 Å². The van der Waals surface area contributed by atoms with Gasteiger partial charge in [-0.15, -0.1) is 5.10 Å². The molecule has 1 aliphatic heterocycles. The molecule has 0 fully saturated rings. The molecule has 2 aromatic heterocycles. The zero-order chi connectivity index (χ0) is 19.0. The Morgan fingerprint density at radius 3 is 2.81 bits per heavy atom. The molecule has 27 heavy (non-hydrogen) atoms. The van der Waals surface area contributed by atoms with Gasteiger partial charge in [0.2, 0.25) is 17.0 Å². The van der Waals surface area contributed by atoms with Gasteiger partial charge in [0.25, 0.3) is 0 Å². The molecule has 0 N–H and O–H groups in total. The van der Waals surface area contributed by atoms with Crippen molar-refractivity contribution in [2.45, 2.75) is 26.8 Å². The molecule has 0 amide bonds. The number of rotatable bonds is 3. The van der Waals surface area contributed by atoms with Crippen molar-refractivity contribution in [3.63, 3.8) is 0 Å². The number of hydrogen-bond donors (Lipinski definition) is 0. The lowest BCUT2D eigenvalue weighted by atomic mass is 10.1. The predicted octanol–water partition coefficient (Wildman–Crippen LogP) is 4.21. The number of nitriles is 1. The number of aromatic nitrogens is 4. The Morgan fingerprint density at radius 2 is 2.07 bits per heavy atom. The summed E-state index contributed by atoms with van der Waals surface area (Å²) in [6.45, 7) is 5.24. The normalized spacial score (nSPS) is 13.4. The van der Waals surface area contributed by atoms with E-state index in [2.05, 4.69) is 15.1 Å². The van der Waals surface area contributed by atoms with Crippen molar-refractivity contribution in [2.24, 2.45) is 0 Å². The molecule has 4 rings (SSSR count). The topological polar surface area (TPSA) is 85.9 Å². The Bertz CT molecular complexity index is 1090. The van der Waals surface area contributed by atoms with Crippen LogP contribution in [-0.2, 0) is 6.54 Å². The van der Waals surface area contributed by atoms with E-state index in [1.165, 1.54) is 6.08 Å². The fourth-order valence-corrected chi connectivity index (χ4v) is 3.34. The molecular weight excluding hydrogens is 366 g/mol. The highest BCUT2D eigenvalue weighted by molar-refractivity contribution is 6.28. The van der Waals surface area contributed by atoms with E-state index in [1.54, 1.807) is 10.8 Å². The highest BCUT2D eigenvalue weighted by Crippen LogP contribution is 2.38. The molecule has 0 bridgehead atoms.